The van der Waals surface area contributed by atoms with Crippen molar-refractivity contribution in [3.05, 3.63) is 60.1 Å². The van der Waals surface area contributed by atoms with Gasteiger partial charge in [0.25, 0.3) is 0 Å². The van der Waals surface area contributed by atoms with Crippen molar-refractivity contribution in [3.63, 3.8) is 0 Å². The molecule has 0 saturated carbocycles. The molecule has 5 heteroatoms. The normalized spacial score (nSPS) is 11.8. The smallest absolute Gasteiger partial charge is 0.242 e. The average molecular weight is 399 g/mol. The molecule has 0 N–H and O–H groups in total. The Kier molecular flexibility index (Phi) is 9.48. The van der Waals surface area contributed by atoms with Crippen LogP contribution in [-0.2, 0) is 22.6 Å². The zero-order chi connectivity index (χ0) is 21.1. The van der Waals surface area contributed by atoms with Crippen LogP contribution in [0.25, 0.3) is 0 Å². The maximum Gasteiger partial charge on any atom is 0.242 e. The van der Waals surface area contributed by atoms with Crippen LogP contribution >= 0.6 is 0 Å². The summed E-state index contributed by atoms with van der Waals surface area (Å²) in [6, 6.07) is 13.9. The largest absolute Gasteiger partial charge is 0.467 e. The third-order valence-corrected chi connectivity index (χ3v) is 5.29. The summed E-state index contributed by atoms with van der Waals surface area (Å²) in [6.07, 6.45) is 5.53. The average Bonchev–Trinajstić information content (AvgIpc) is 3.26. The van der Waals surface area contributed by atoms with E-state index in [1.54, 1.807) is 16.1 Å². The van der Waals surface area contributed by atoms with Crippen LogP contribution in [0.3, 0.4) is 0 Å². The molecule has 0 saturated heterocycles. The molecule has 1 atom stereocenters. The summed E-state index contributed by atoms with van der Waals surface area (Å²) < 4.78 is 5.47. The van der Waals surface area contributed by atoms with Gasteiger partial charge in [-0.1, -0.05) is 50.6 Å². The maximum atomic E-state index is 13.2. The Labute approximate surface area is 174 Å². The minimum Gasteiger partial charge on any atom is -0.467 e. The molecule has 0 aliphatic rings. The summed E-state index contributed by atoms with van der Waals surface area (Å²) >= 11 is 0. The number of amides is 2. The number of hydrogen-bond donors (Lipinski definition) is 0. The Morgan fingerprint density at radius 2 is 1.79 bits per heavy atom. The van der Waals surface area contributed by atoms with Crippen molar-refractivity contribution in [2.45, 2.75) is 65.5 Å². The van der Waals surface area contributed by atoms with E-state index in [-0.39, 0.29) is 24.4 Å². The van der Waals surface area contributed by atoms with Crippen LogP contribution in [0, 0.1) is 0 Å². The predicted octanol–water partition coefficient (Wildman–Crippen LogP) is 4.67. The highest BCUT2D eigenvalue weighted by atomic mass is 16.3. The van der Waals surface area contributed by atoms with Crippen molar-refractivity contribution < 1.29 is 14.0 Å². The molecule has 2 aromatic rings. The Hall–Kier alpha value is -2.56. The predicted molar refractivity (Wildman–Crippen MR) is 115 cm³/mol. The van der Waals surface area contributed by atoms with Gasteiger partial charge in [-0.05, 0) is 43.9 Å². The van der Waals surface area contributed by atoms with Crippen molar-refractivity contribution in [2.75, 3.05) is 13.1 Å². The van der Waals surface area contributed by atoms with E-state index in [2.05, 4.69) is 19.1 Å². The number of nitrogens with zero attached hydrogens (tertiary/aromatic N) is 2. The van der Waals surface area contributed by atoms with Crippen molar-refractivity contribution in [3.8, 4) is 0 Å². The van der Waals surface area contributed by atoms with E-state index in [9.17, 15) is 9.59 Å². The van der Waals surface area contributed by atoms with Crippen LogP contribution in [0.2, 0.25) is 0 Å². The highest BCUT2D eigenvalue weighted by Crippen LogP contribution is 2.13. The Morgan fingerprint density at radius 1 is 1.03 bits per heavy atom. The Balaban J connectivity index is 2.09. The second-order valence-electron chi connectivity index (χ2n) is 7.51. The van der Waals surface area contributed by atoms with E-state index in [1.165, 1.54) is 5.56 Å². The van der Waals surface area contributed by atoms with Crippen molar-refractivity contribution in [1.82, 2.24) is 9.80 Å². The summed E-state index contributed by atoms with van der Waals surface area (Å²) in [5.41, 5.74) is 1.18. The molecule has 0 aliphatic heterocycles. The fourth-order valence-corrected chi connectivity index (χ4v) is 3.22. The zero-order valence-electron chi connectivity index (χ0n) is 18.0. The first-order valence-electron chi connectivity index (χ1n) is 10.7. The first-order chi connectivity index (χ1) is 14.0. The molecule has 0 spiro atoms. The van der Waals surface area contributed by atoms with E-state index in [0.717, 1.165) is 31.4 Å². The zero-order valence-corrected chi connectivity index (χ0v) is 18.0. The molecule has 0 aliphatic carbocycles. The number of carbonyl (C=O) groups excluding carboxylic acids is 2. The number of unbranched alkanes of at least 4 members (excludes halogenated alkanes) is 1. The monoisotopic (exact) mass is 398 g/mol. The van der Waals surface area contributed by atoms with Crippen LogP contribution in [0.4, 0.5) is 0 Å². The third kappa shape index (κ3) is 7.41. The summed E-state index contributed by atoms with van der Waals surface area (Å²) in [7, 11) is 0. The lowest BCUT2D eigenvalue weighted by atomic mass is 10.1. The lowest BCUT2D eigenvalue weighted by Crippen LogP contribution is -2.46. The molecule has 0 bridgehead atoms. The fourth-order valence-electron chi connectivity index (χ4n) is 3.22. The maximum absolute atomic E-state index is 13.2. The fraction of sp³-hybridized carbons (Fsp3) is 0.500. The van der Waals surface area contributed by atoms with Gasteiger partial charge in [-0.15, -0.1) is 0 Å². The Morgan fingerprint density at radius 3 is 2.41 bits per heavy atom. The molecule has 2 amide bonds. The van der Waals surface area contributed by atoms with Crippen LogP contribution in [0.1, 0.15) is 57.8 Å². The second-order valence-corrected chi connectivity index (χ2v) is 7.51. The molecule has 158 valence electrons. The molecule has 0 fully saturated rings. The highest BCUT2D eigenvalue weighted by molar-refractivity contribution is 5.85. The van der Waals surface area contributed by atoms with Crippen LogP contribution in [0.5, 0.6) is 0 Å². The molecule has 0 radical (unpaired) electrons. The number of hydrogen-bond acceptors (Lipinski definition) is 3. The topological polar surface area (TPSA) is 53.8 Å². The van der Waals surface area contributed by atoms with Gasteiger partial charge in [-0.3, -0.25) is 9.59 Å². The van der Waals surface area contributed by atoms with Gasteiger partial charge in [-0.2, -0.15) is 0 Å². The van der Waals surface area contributed by atoms with E-state index < -0.39 is 0 Å². The van der Waals surface area contributed by atoms with Crippen LogP contribution in [0.15, 0.2) is 53.1 Å². The van der Waals surface area contributed by atoms with Crippen molar-refractivity contribution in [2.24, 2.45) is 0 Å². The van der Waals surface area contributed by atoms with Gasteiger partial charge in [0.15, 0.2) is 0 Å². The molecule has 1 aromatic carbocycles. The Bertz CT molecular complexity index is 728. The molecule has 1 heterocycles. The summed E-state index contributed by atoms with van der Waals surface area (Å²) in [4.78, 5) is 29.4. The van der Waals surface area contributed by atoms with Gasteiger partial charge in [0, 0.05) is 19.0 Å². The van der Waals surface area contributed by atoms with Gasteiger partial charge in [0.05, 0.1) is 12.8 Å². The van der Waals surface area contributed by atoms with E-state index in [0.29, 0.717) is 19.5 Å². The van der Waals surface area contributed by atoms with Gasteiger partial charge < -0.3 is 14.2 Å². The second kappa shape index (κ2) is 12.1. The summed E-state index contributed by atoms with van der Waals surface area (Å²) in [5.74, 6) is 0.775. The van der Waals surface area contributed by atoms with Crippen molar-refractivity contribution in [1.29, 1.82) is 0 Å². The molecule has 1 aromatic heterocycles. The summed E-state index contributed by atoms with van der Waals surface area (Å²) in [5, 5.41) is 0. The molecule has 29 heavy (non-hydrogen) atoms. The summed E-state index contributed by atoms with van der Waals surface area (Å²) in [6.45, 7) is 7.24. The van der Waals surface area contributed by atoms with Gasteiger partial charge in [-0.25, -0.2) is 0 Å². The van der Waals surface area contributed by atoms with Gasteiger partial charge in [0.2, 0.25) is 11.8 Å². The molecular weight excluding hydrogens is 364 g/mol. The van der Waals surface area contributed by atoms with Gasteiger partial charge in [0.1, 0.15) is 12.3 Å². The van der Waals surface area contributed by atoms with Gasteiger partial charge >= 0.3 is 0 Å². The minimum atomic E-state index is -0.0394. The van der Waals surface area contributed by atoms with Crippen LogP contribution in [-0.4, -0.2) is 40.7 Å². The number of carbonyl (C=O) groups is 2. The molecular formula is C24H34N2O3. The first-order valence-corrected chi connectivity index (χ1v) is 10.7. The number of rotatable bonds is 12. The molecule has 2 rings (SSSR count). The lowest BCUT2D eigenvalue weighted by Gasteiger charge is -2.31. The quantitative estimate of drug-likeness (QED) is 0.522. The highest BCUT2D eigenvalue weighted by Gasteiger charge is 2.24. The number of furan rings is 1. The SMILES string of the molecule is CCCCC(=O)N(CC(=O)N(CCc1ccccc1)Cc1ccco1)[C@H](C)CC. The van der Waals surface area contributed by atoms with Crippen molar-refractivity contribution >= 4 is 11.8 Å². The third-order valence-electron chi connectivity index (χ3n) is 5.29. The molecule has 5 nitrogen and oxygen atoms in total. The lowest BCUT2D eigenvalue weighted by molar-refractivity contribution is -0.142. The number of benzene rings is 1. The first kappa shape index (κ1) is 22.7. The van der Waals surface area contributed by atoms with Crippen LogP contribution < -0.4 is 0 Å². The minimum absolute atomic E-state index is 0.0394. The standard InChI is InChI=1S/C24H34N2O3/c1-4-6-14-23(27)26(20(3)5-2)19-24(28)25(18-22-13-10-17-29-22)16-15-21-11-8-7-9-12-21/h7-13,17,20H,4-6,14-16,18-19H2,1-3H3/t20-/m1/s1. The van der Waals surface area contributed by atoms with E-state index in [1.807, 2.05) is 44.2 Å². The van der Waals surface area contributed by atoms with E-state index >= 15 is 0 Å². The molecule has 0 unspecified atom stereocenters. The van der Waals surface area contributed by atoms with E-state index in [4.69, 9.17) is 4.42 Å².